The topological polar surface area (TPSA) is 40.6 Å². The Kier molecular flexibility index (Phi) is 4.36. The second-order valence-electron chi connectivity index (χ2n) is 7.70. The highest BCUT2D eigenvalue weighted by Crippen LogP contribution is 2.41. The Bertz CT molecular complexity index is 678. The van der Waals surface area contributed by atoms with Crippen molar-refractivity contribution in [3.63, 3.8) is 0 Å². The summed E-state index contributed by atoms with van der Waals surface area (Å²) in [5, 5.41) is 0. The first-order chi connectivity index (χ1) is 12.1. The van der Waals surface area contributed by atoms with Gasteiger partial charge >= 0.3 is 0 Å². The molecule has 4 rings (SSSR count). The molecule has 0 spiro atoms. The molecule has 2 heterocycles. The summed E-state index contributed by atoms with van der Waals surface area (Å²) in [5.41, 5.74) is 1.15. The van der Waals surface area contributed by atoms with Gasteiger partial charge in [-0.25, -0.2) is 0 Å². The lowest BCUT2D eigenvalue weighted by atomic mass is 9.71. The highest BCUT2D eigenvalue weighted by molar-refractivity contribution is 5.90. The zero-order chi connectivity index (χ0) is 17.4. The van der Waals surface area contributed by atoms with Crippen LogP contribution in [-0.4, -0.2) is 41.2 Å². The van der Waals surface area contributed by atoms with Crippen molar-refractivity contribution in [2.24, 2.45) is 23.7 Å². The molecule has 0 radical (unpaired) electrons. The minimum atomic E-state index is -0.193. The van der Waals surface area contributed by atoms with Gasteiger partial charge in [0.05, 0.1) is 11.8 Å². The number of allylic oxidation sites excluding steroid dienone is 1. The van der Waals surface area contributed by atoms with Gasteiger partial charge in [0.25, 0.3) is 0 Å². The third kappa shape index (κ3) is 2.99. The summed E-state index contributed by atoms with van der Waals surface area (Å²) in [6, 6.07) is 10.1. The molecule has 4 heteroatoms. The summed E-state index contributed by atoms with van der Waals surface area (Å²) in [5.74, 6) is 0.277. The second kappa shape index (κ2) is 6.66. The number of benzene rings is 1. The van der Waals surface area contributed by atoms with Crippen LogP contribution in [0.15, 0.2) is 42.5 Å². The SMILES string of the molecule is C[C@H]1C=C[C@H]2CN(Cc3ccccc3)C(=O)[C@@H]2[C@@H]1C(=O)N1CCCC1. The Labute approximate surface area is 149 Å². The standard InChI is InChI=1S/C21H26N2O2/c1-15-9-10-17-14-23(13-16-7-3-2-4-8-16)21(25)19(17)18(15)20(24)22-11-5-6-12-22/h2-4,7-10,15,17-19H,5-6,11-14H2,1H3/t15-,17-,18+,19-/m0/s1. The van der Waals surface area contributed by atoms with Crippen LogP contribution in [0.4, 0.5) is 0 Å². The molecule has 132 valence electrons. The van der Waals surface area contributed by atoms with Gasteiger partial charge in [0, 0.05) is 32.1 Å². The molecule has 3 aliphatic rings. The number of carbonyl (C=O) groups is 2. The summed E-state index contributed by atoms with van der Waals surface area (Å²) < 4.78 is 0. The fourth-order valence-electron chi connectivity index (χ4n) is 4.69. The van der Waals surface area contributed by atoms with Gasteiger partial charge in [-0.05, 0) is 24.3 Å². The lowest BCUT2D eigenvalue weighted by Crippen LogP contribution is -2.45. The van der Waals surface area contributed by atoms with E-state index in [1.807, 2.05) is 28.0 Å². The maximum absolute atomic E-state index is 13.1. The van der Waals surface area contributed by atoms with E-state index in [1.165, 1.54) is 0 Å². The summed E-state index contributed by atoms with van der Waals surface area (Å²) in [6.07, 6.45) is 6.50. The Morgan fingerprint density at radius 1 is 1.12 bits per heavy atom. The van der Waals surface area contributed by atoms with Crippen LogP contribution in [0.25, 0.3) is 0 Å². The van der Waals surface area contributed by atoms with Crippen molar-refractivity contribution in [1.29, 1.82) is 0 Å². The van der Waals surface area contributed by atoms with Gasteiger partial charge in [0.15, 0.2) is 0 Å². The molecule has 2 aliphatic heterocycles. The highest BCUT2D eigenvalue weighted by atomic mass is 16.2. The number of hydrogen-bond donors (Lipinski definition) is 0. The Morgan fingerprint density at radius 3 is 2.56 bits per heavy atom. The smallest absolute Gasteiger partial charge is 0.227 e. The molecule has 1 aliphatic carbocycles. The average Bonchev–Trinajstić information content (AvgIpc) is 3.25. The van der Waals surface area contributed by atoms with Crippen LogP contribution in [0.2, 0.25) is 0 Å². The number of fused-ring (bicyclic) bond motifs is 1. The maximum atomic E-state index is 13.1. The van der Waals surface area contributed by atoms with Crippen LogP contribution in [0.1, 0.15) is 25.3 Å². The zero-order valence-electron chi connectivity index (χ0n) is 14.8. The molecule has 0 unspecified atom stereocenters. The van der Waals surface area contributed by atoms with Gasteiger partial charge in [-0.2, -0.15) is 0 Å². The van der Waals surface area contributed by atoms with E-state index >= 15 is 0 Å². The number of likely N-dealkylation sites (tertiary alicyclic amines) is 2. The Hall–Kier alpha value is -2.10. The van der Waals surface area contributed by atoms with Crippen molar-refractivity contribution < 1.29 is 9.59 Å². The van der Waals surface area contributed by atoms with Gasteiger partial charge in [-0.15, -0.1) is 0 Å². The molecule has 0 saturated carbocycles. The van der Waals surface area contributed by atoms with Crippen molar-refractivity contribution >= 4 is 11.8 Å². The summed E-state index contributed by atoms with van der Waals surface area (Å²) in [6.45, 7) is 5.15. The van der Waals surface area contributed by atoms with Crippen LogP contribution in [0, 0.1) is 23.7 Å². The molecule has 2 fully saturated rings. The van der Waals surface area contributed by atoms with Crippen LogP contribution >= 0.6 is 0 Å². The molecule has 2 amide bonds. The highest BCUT2D eigenvalue weighted by Gasteiger charge is 2.50. The van der Waals surface area contributed by atoms with Gasteiger partial charge in [0.1, 0.15) is 0 Å². The Balaban J connectivity index is 1.55. The minimum absolute atomic E-state index is 0.134. The van der Waals surface area contributed by atoms with Crippen LogP contribution in [0.3, 0.4) is 0 Å². The molecule has 0 bridgehead atoms. The number of amides is 2. The van der Waals surface area contributed by atoms with Gasteiger partial charge in [-0.3, -0.25) is 9.59 Å². The predicted molar refractivity (Wildman–Crippen MR) is 96.4 cm³/mol. The normalized spacial score (nSPS) is 31.5. The van der Waals surface area contributed by atoms with Crippen molar-refractivity contribution in [3.8, 4) is 0 Å². The van der Waals surface area contributed by atoms with E-state index < -0.39 is 0 Å². The first kappa shape index (κ1) is 16.4. The molecule has 1 aromatic rings. The summed E-state index contributed by atoms with van der Waals surface area (Å²) >= 11 is 0. The predicted octanol–water partition coefficient (Wildman–Crippen LogP) is 2.71. The number of rotatable bonds is 3. The summed E-state index contributed by atoms with van der Waals surface area (Å²) in [7, 11) is 0. The van der Waals surface area contributed by atoms with E-state index in [0.29, 0.717) is 6.54 Å². The summed E-state index contributed by atoms with van der Waals surface area (Å²) in [4.78, 5) is 30.1. The molecule has 4 atom stereocenters. The molecule has 4 nitrogen and oxygen atoms in total. The molecule has 2 saturated heterocycles. The first-order valence-electron chi connectivity index (χ1n) is 9.45. The first-order valence-corrected chi connectivity index (χ1v) is 9.45. The van der Waals surface area contributed by atoms with Crippen molar-refractivity contribution in [2.45, 2.75) is 26.3 Å². The van der Waals surface area contributed by atoms with Crippen molar-refractivity contribution in [3.05, 3.63) is 48.0 Å². The zero-order valence-corrected chi connectivity index (χ0v) is 14.8. The van der Waals surface area contributed by atoms with Gasteiger partial charge in [0.2, 0.25) is 11.8 Å². The van der Waals surface area contributed by atoms with E-state index in [1.54, 1.807) is 0 Å². The third-order valence-corrected chi connectivity index (χ3v) is 6.02. The van der Waals surface area contributed by atoms with Crippen molar-refractivity contribution in [1.82, 2.24) is 9.80 Å². The molecule has 0 N–H and O–H groups in total. The molecule has 1 aromatic carbocycles. The average molecular weight is 338 g/mol. The maximum Gasteiger partial charge on any atom is 0.227 e. The van der Waals surface area contributed by atoms with Crippen LogP contribution in [0.5, 0.6) is 0 Å². The fourth-order valence-corrected chi connectivity index (χ4v) is 4.69. The quantitative estimate of drug-likeness (QED) is 0.795. The number of carbonyl (C=O) groups excluding carboxylic acids is 2. The van der Waals surface area contributed by atoms with Crippen molar-refractivity contribution in [2.75, 3.05) is 19.6 Å². The number of hydrogen-bond acceptors (Lipinski definition) is 2. The third-order valence-electron chi connectivity index (χ3n) is 6.02. The molecule has 0 aromatic heterocycles. The lowest BCUT2D eigenvalue weighted by molar-refractivity contribution is -0.144. The molecular formula is C21H26N2O2. The second-order valence-corrected chi connectivity index (χ2v) is 7.70. The van der Waals surface area contributed by atoms with E-state index in [2.05, 4.69) is 31.2 Å². The van der Waals surface area contributed by atoms with E-state index in [9.17, 15) is 9.59 Å². The van der Waals surface area contributed by atoms with Gasteiger partial charge in [-0.1, -0.05) is 49.4 Å². The minimum Gasteiger partial charge on any atom is -0.342 e. The fraction of sp³-hybridized carbons (Fsp3) is 0.524. The monoisotopic (exact) mass is 338 g/mol. The Morgan fingerprint density at radius 2 is 1.84 bits per heavy atom. The van der Waals surface area contributed by atoms with E-state index in [0.717, 1.165) is 38.0 Å². The molecule has 25 heavy (non-hydrogen) atoms. The molecular weight excluding hydrogens is 312 g/mol. The van der Waals surface area contributed by atoms with Crippen LogP contribution < -0.4 is 0 Å². The van der Waals surface area contributed by atoms with Crippen LogP contribution in [-0.2, 0) is 16.1 Å². The number of nitrogens with zero attached hydrogens (tertiary/aromatic N) is 2. The lowest BCUT2D eigenvalue weighted by Gasteiger charge is -2.34. The van der Waals surface area contributed by atoms with E-state index in [-0.39, 0.29) is 35.5 Å². The van der Waals surface area contributed by atoms with Gasteiger partial charge < -0.3 is 9.80 Å². The largest absolute Gasteiger partial charge is 0.342 e. The van der Waals surface area contributed by atoms with E-state index in [4.69, 9.17) is 0 Å².